The summed E-state index contributed by atoms with van der Waals surface area (Å²) in [5.74, 6) is 0. The second-order valence-electron chi connectivity index (χ2n) is 6.88. The van der Waals surface area contributed by atoms with Gasteiger partial charge in [0.25, 0.3) is 0 Å². The van der Waals surface area contributed by atoms with Crippen molar-refractivity contribution in [1.29, 1.82) is 0 Å². The standard InChI is InChI=1S/C17H27N3O2/c1-4-13-5-6-14(9-18-13)19-7-8-22-16(12-19)17(2,3)20-10-15(21)11-20/h5-6,9,15-16,21H,4,7-8,10-12H2,1-3H3/t16-/m1/s1. The first-order chi connectivity index (χ1) is 10.5. The van der Waals surface area contributed by atoms with E-state index in [0.29, 0.717) is 0 Å². The number of hydrogen-bond acceptors (Lipinski definition) is 5. The Morgan fingerprint density at radius 2 is 2.09 bits per heavy atom. The summed E-state index contributed by atoms with van der Waals surface area (Å²) in [6, 6.07) is 4.27. The second kappa shape index (κ2) is 6.14. The number of rotatable bonds is 4. The third-order valence-electron chi connectivity index (χ3n) is 5.07. The number of aryl methyl sites for hydroxylation is 1. The van der Waals surface area contributed by atoms with Gasteiger partial charge < -0.3 is 14.7 Å². The fourth-order valence-electron chi connectivity index (χ4n) is 3.25. The van der Waals surface area contributed by atoms with Crippen LogP contribution in [-0.2, 0) is 11.2 Å². The van der Waals surface area contributed by atoms with Crippen molar-refractivity contribution >= 4 is 5.69 Å². The third-order valence-corrected chi connectivity index (χ3v) is 5.07. The fraction of sp³-hybridized carbons (Fsp3) is 0.706. The molecule has 122 valence electrons. The van der Waals surface area contributed by atoms with Crippen molar-refractivity contribution in [3.05, 3.63) is 24.0 Å². The van der Waals surface area contributed by atoms with E-state index in [4.69, 9.17) is 4.74 Å². The molecule has 2 aliphatic heterocycles. The monoisotopic (exact) mass is 305 g/mol. The Kier molecular flexibility index (Phi) is 4.39. The van der Waals surface area contributed by atoms with Crippen LogP contribution in [0.25, 0.3) is 0 Å². The van der Waals surface area contributed by atoms with E-state index in [1.165, 1.54) is 5.69 Å². The van der Waals surface area contributed by atoms with Crippen LogP contribution in [0.3, 0.4) is 0 Å². The Morgan fingerprint density at radius 1 is 1.32 bits per heavy atom. The molecule has 0 aliphatic carbocycles. The number of aliphatic hydroxyl groups is 1. The number of aliphatic hydroxyl groups excluding tert-OH is 1. The zero-order valence-electron chi connectivity index (χ0n) is 13.8. The Hall–Kier alpha value is -1.17. The highest BCUT2D eigenvalue weighted by atomic mass is 16.5. The lowest BCUT2D eigenvalue weighted by Crippen LogP contribution is -2.67. The highest BCUT2D eigenvalue weighted by Gasteiger charge is 2.44. The van der Waals surface area contributed by atoms with Gasteiger partial charge in [-0.3, -0.25) is 9.88 Å². The molecule has 3 rings (SSSR count). The zero-order valence-corrected chi connectivity index (χ0v) is 13.8. The molecule has 0 saturated carbocycles. The summed E-state index contributed by atoms with van der Waals surface area (Å²) in [5.41, 5.74) is 2.24. The molecule has 0 unspecified atom stereocenters. The Bertz CT molecular complexity index is 497. The summed E-state index contributed by atoms with van der Waals surface area (Å²) < 4.78 is 6.05. The quantitative estimate of drug-likeness (QED) is 0.909. The molecule has 2 fully saturated rings. The maximum Gasteiger partial charge on any atom is 0.0928 e. The molecule has 3 heterocycles. The van der Waals surface area contributed by atoms with Crippen molar-refractivity contribution in [2.45, 2.75) is 44.9 Å². The molecule has 2 aliphatic rings. The molecule has 2 saturated heterocycles. The minimum absolute atomic E-state index is 0.0608. The van der Waals surface area contributed by atoms with Crippen LogP contribution in [0.5, 0.6) is 0 Å². The SMILES string of the molecule is CCc1ccc(N2CCO[C@@H](C(C)(C)N3CC(O)C3)C2)cn1. The molecular formula is C17H27N3O2. The van der Waals surface area contributed by atoms with Crippen LogP contribution in [0.2, 0.25) is 0 Å². The number of anilines is 1. The van der Waals surface area contributed by atoms with E-state index in [9.17, 15) is 5.11 Å². The van der Waals surface area contributed by atoms with E-state index in [1.807, 2.05) is 6.20 Å². The van der Waals surface area contributed by atoms with Gasteiger partial charge in [-0.1, -0.05) is 6.92 Å². The van der Waals surface area contributed by atoms with E-state index in [1.54, 1.807) is 0 Å². The molecule has 0 radical (unpaired) electrons. The Balaban J connectivity index is 1.68. The lowest BCUT2D eigenvalue weighted by Gasteiger charge is -2.52. The highest BCUT2D eigenvalue weighted by Crippen LogP contribution is 2.30. The molecule has 0 spiro atoms. The predicted molar refractivity (Wildman–Crippen MR) is 87.2 cm³/mol. The van der Waals surface area contributed by atoms with Crippen molar-refractivity contribution in [3.63, 3.8) is 0 Å². The summed E-state index contributed by atoms with van der Waals surface area (Å²) in [5, 5.41) is 9.56. The van der Waals surface area contributed by atoms with E-state index >= 15 is 0 Å². The zero-order chi connectivity index (χ0) is 15.7. The molecule has 1 atom stereocenters. The first-order valence-corrected chi connectivity index (χ1v) is 8.25. The molecule has 1 N–H and O–H groups in total. The molecule has 1 aromatic heterocycles. The molecule has 0 amide bonds. The number of pyridine rings is 1. The first kappa shape index (κ1) is 15.7. The largest absolute Gasteiger partial charge is 0.390 e. The first-order valence-electron chi connectivity index (χ1n) is 8.25. The predicted octanol–water partition coefficient (Wildman–Crippen LogP) is 1.30. The van der Waals surface area contributed by atoms with Crippen molar-refractivity contribution in [2.24, 2.45) is 0 Å². The van der Waals surface area contributed by atoms with Crippen molar-refractivity contribution in [2.75, 3.05) is 37.7 Å². The van der Waals surface area contributed by atoms with Crippen molar-refractivity contribution in [1.82, 2.24) is 9.88 Å². The summed E-state index contributed by atoms with van der Waals surface area (Å²) in [7, 11) is 0. The maximum absolute atomic E-state index is 9.56. The van der Waals surface area contributed by atoms with Crippen LogP contribution in [0.1, 0.15) is 26.5 Å². The van der Waals surface area contributed by atoms with Gasteiger partial charge in [0.2, 0.25) is 0 Å². The number of nitrogens with zero attached hydrogens (tertiary/aromatic N) is 3. The molecule has 0 aromatic carbocycles. The Labute approximate surface area is 132 Å². The number of likely N-dealkylation sites (tertiary alicyclic amines) is 1. The molecule has 22 heavy (non-hydrogen) atoms. The highest BCUT2D eigenvalue weighted by molar-refractivity contribution is 5.45. The molecule has 1 aromatic rings. The van der Waals surface area contributed by atoms with Gasteiger partial charge in [-0.25, -0.2) is 0 Å². The van der Waals surface area contributed by atoms with E-state index in [-0.39, 0.29) is 17.7 Å². The normalized spacial score (nSPS) is 24.4. The molecular weight excluding hydrogens is 278 g/mol. The van der Waals surface area contributed by atoms with Gasteiger partial charge in [0.05, 0.1) is 30.7 Å². The van der Waals surface area contributed by atoms with Gasteiger partial charge in [0.1, 0.15) is 0 Å². The maximum atomic E-state index is 9.56. The number of morpholine rings is 1. The van der Waals surface area contributed by atoms with Gasteiger partial charge in [-0.2, -0.15) is 0 Å². The molecule has 5 heteroatoms. The smallest absolute Gasteiger partial charge is 0.0928 e. The lowest BCUT2D eigenvalue weighted by atomic mass is 9.89. The van der Waals surface area contributed by atoms with Gasteiger partial charge in [-0.05, 0) is 32.4 Å². The summed E-state index contributed by atoms with van der Waals surface area (Å²) in [6.07, 6.45) is 2.90. The van der Waals surface area contributed by atoms with Gasteiger partial charge in [-0.15, -0.1) is 0 Å². The minimum Gasteiger partial charge on any atom is -0.390 e. The number of aromatic nitrogens is 1. The summed E-state index contributed by atoms with van der Waals surface area (Å²) in [6.45, 7) is 10.6. The average molecular weight is 305 g/mol. The van der Waals surface area contributed by atoms with Crippen LogP contribution in [0.4, 0.5) is 5.69 Å². The minimum atomic E-state index is -0.176. The lowest BCUT2D eigenvalue weighted by molar-refractivity contribution is -0.121. The number of hydrogen-bond donors (Lipinski definition) is 1. The number of ether oxygens (including phenoxy) is 1. The van der Waals surface area contributed by atoms with Gasteiger partial charge >= 0.3 is 0 Å². The Morgan fingerprint density at radius 3 is 2.68 bits per heavy atom. The van der Waals surface area contributed by atoms with Crippen LogP contribution in [0.15, 0.2) is 18.3 Å². The summed E-state index contributed by atoms with van der Waals surface area (Å²) in [4.78, 5) is 9.18. The molecule has 0 bridgehead atoms. The van der Waals surface area contributed by atoms with Crippen LogP contribution >= 0.6 is 0 Å². The molecule has 5 nitrogen and oxygen atoms in total. The average Bonchev–Trinajstić information content (AvgIpc) is 2.52. The summed E-state index contributed by atoms with van der Waals surface area (Å²) >= 11 is 0. The van der Waals surface area contributed by atoms with Crippen molar-refractivity contribution in [3.8, 4) is 0 Å². The van der Waals surface area contributed by atoms with E-state index in [2.05, 4.69) is 47.7 Å². The van der Waals surface area contributed by atoms with Gasteiger partial charge in [0, 0.05) is 37.4 Å². The van der Waals surface area contributed by atoms with E-state index in [0.717, 1.165) is 44.9 Å². The van der Waals surface area contributed by atoms with Crippen LogP contribution < -0.4 is 4.90 Å². The van der Waals surface area contributed by atoms with Gasteiger partial charge in [0.15, 0.2) is 0 Å². The fourth-order valence-corrected chi connectivity index (χ4v) is 3.25. The van der Waals surface area contributed by atoms with E-state index < -0.39 is 0 Å². The number of β-amino-alcohol motifs (C(OH)–C–C–N with tert-alkyl or cyclic N) is 1. The second-order valence-corrected chi connectivity index (χ2v) is 6.88. The third kappa shape index (κ3) is 2.98. The topological polar surface area (TPSA) is 48.8 Å². The van der Waals surface area contributed by atoms with Crippen molar-refractivity contribution < 1.29 is 9.84 Å². The van der Waals surface area contributed by atoms with Crippen LogP contribution in [-0.4, -0.2) is 65.5 Å². The van der Waals surface area contributed by atoms with Crippen LogP contribution in [0, 0.1) is 0 Å².